The van der Waals surface area contributed by atoms with E-state index in [9.17, 15) is 0 Å². The van der Waals surface area contributed by atoms with Crippen molar-refractivity contribution in [2.75, 3.05) is 13.1 Å². The molecular weight excluding hydrogens is 268 g/mol. The molecule has 2 heteroatoms. The minimum Gasteiger partial charge on any atom is -0.312 e. The highest BCUT2D eigenvalue weighted by molar-refractivity contribution is 5.17. The lowest BCUT2D eigenvalue weighted by molar-refractivity contribution is 0.188. The third kappa shape index (κ3) is 5.47. The molecule has 0 fully saturated rings. The van der Waals surface area contributed by atoms with E-state index in [4.69, 9.17) is 0 Å². The molecule has 2 aromatic carbocycles. The van der Waals surface area contributed by atoms with Gasteiger partial charge in [-0.2, -0.15) is 0 Å². The number of nitrogens with one attached hydrogen (secondary N) is 1. The second-order valence-corrected chi connectivity index (χ2v) is 5.67. The molecule has 0 aliphatic heterocycles. The highest BCUT2D eigenvalue weighted by Gasteiger charge is 2.14. The third-order valence-corrected chi connectivity index (χ3v) is 3.81. The van der Waals surface area contributed by atoms with Gasteiger partial charge in [0.25, 0.3) is 0 Å². The molecule has 0 aliphatic rings. The summed E-state index contributed by atoms with van der Waals surface area (Å²) in [5.74, 6) is 0. The second-order valence-electron chi connectivity index (χ2n) is 5.67. The Balaban J connectivity index is 2.04. The summed E-state index contributed by atoms with van der Waals surface area (Å²) in [6, 6.07) is 21.8. The van der Waals surface area contributed by atoms with Crippen molar-refractivity contribution in [1.29, 1.82) is 0 Å². The molecule has 0 heterocycles. The number of nitrogens with zero attached hydrogens (tertiary/aromatic N) is 1. The minimum absolute atomic E-state index is 0.459. The van der Waals surface area contributed by atoms with Crippen molar-refractivity contribution in [2.24, 2.45) is 0 Å². The average Bonchev–Trinajstić information content (AvgIpc) is 2.56. The van der Waals surface area contributed by atoms with Crippen LogP contribution in [0, 0.1) is 0 Å². The van der Waals surface area contributed by atoms with E-state index < -0.39 is 0 Å². The van der Waals surface area contributed by atoms with E-state index in [0.29, 0.717) is 6.04 Å². The van der Waals surface area contributed by atoms with Crippen LogP contribution in [-0.2, 0) is 13.1 Å². The van der Waals surface area contributed by atoms with Crippen LogP contribution >= 0.6 is 0 Å². The normalized spacial score (nSPS) is 12.3. The van der Waals surface area contributed by atoms with Crippen molar-refractivity contribution >= 4 is 0 Å². The van der Waals surface area contributed by atoms with Crippen molar-refractivity contribution in [3.8, 4) is 0 Å². The van der Waals surface area contributed by atoms with Gasteiger partial charge in [-0.25, -0.2) is 0 Å². The van der Waals surface area contributed by atoms with Crippen molar-refractivity contribution in [1.82, 2.24) is 10.2 Å². The van der Waals surface area contributed by atoms with Gasteiger partial charge < -0.3 is 5.32 Å². The van der Waals surface area contributed by atoms with Gasteiger partial charge in [-0.3, -0.25) is 4.90 Å². The molecule has 0 saturated heterocycles. The molecule has 0 aromatic heterocycles. The first-order valence-electron chi connectivity index (χ1n) is 7.93. The van der Waals surface area contributed by atoms with Crippen LogP contribution in [0.15, 0.2) is 73.3 Å². The standard InChI is InChI=1S/C20H26N2/c1-3-14-21-15-18(2)22(16-19-10-6-4-7-11-19)17-20-12-8-5-9-13-20/h3-13,18,21H,1,14-17H2,2H3. The predicted octanol–water partition coefficient (Wildman–Crippen LogP) is 3.85. The Hall–Kier alpha value is -1.90. The number of rotatable bonds is 9. The lowest BCUT2D eigenvalue weighted by Gasteiger charge is -2.29. The van der Waals surface area contributed by atoms with E-state index in [1.54, 1.807) is 0 Å². The molecule has 0 radical (unpaired) electrons. The van der Waals surface area contributed by atoms with Crippen LogP contribution in [-0.4, -0.2) is 24.0 Å². The summed E-state index contributed by atoms with van der Waals surface area (Å²) in [6.45, 7) is 9.79. The molecule has 0 spiro atoms. The van der Waals surface area contributed by atoms with Gasteiger partial charge in [-0.05, 0) is 18.1 Å². The minimum atomic E-state index is 0.459. The van der Waals surface area contributed by atoms with E-state index in [0.717, 1.165) is 26.2 Å². The average molecular weight is 294 g/mol. The maximum atomic E-state index is 3.76. The van der Waals surface area contributed by atoms with E-state index >= 15 is 0 Å². The zero-order chi connectivity index (χ0) is 15.6. The molecule has 0 saturated carbocycles. The van der Waals surface area contributed by atoms with E-state index in [2.05, 4.69) is 84.4 Å². The molecule has 1 unspecified atom stereocenters. The summed E-state index contributed by atoms with van der Waals surface area (Å²) in [7, 11) is 0. The van der Waals surface area contributed by atoms with Gasteiger partial charge in [0, 0.05) is 32.2 Å². The first kappa shape index (κ1) is 16.5. The first-order chi connectivity index (χ1) is 10.8. The van der Waals surface area contributed by atoms with Crippen LogP contribution in [0.5, 0.6) is 0 Å². The zero-order valence-electron chi connectivity index (χ0n) is 13.4. The Bertz CT molecular complexity index is 495. The molecule has 0 bridgehead atoms. The summed E-state index contributed by atoms with van der Waals surface area (Å²) in [5, 5.41) is 3.43. The highest BCUT2D eigenvalue weighted by atomic mass is 15.2. The molecule has 2 aromatic rings. The maximum absolute atomic E-state index is 3.76. The number of benzene rings is 2. The van der Waals surface area contributed by atoms with Crippen LogP contribution in [0.3, 0.4) is 0 Å². The summed E-state index contributed by atoms with van der Waals surface area (Å²) >= 11 is 0. The van der Waals surface area contributed by atoms with Crippen molar-refractivity contribution in [3.63, 3.8) is 0 Å². The Morgan fingerprint density at radius 3 is 1.91 bits per heavy atom. The smallest absolute Gasteiger partial charge is 0.0240 e. The van der Waals surface area contributed by atoms with Gasteiger partial charge in [-0.15, -0.1) is 6.58 Å². The zero-order valence-corrected chi connectivity index (χ0v) is 13.4. The van der Waals surface area contributed by atoms with Crippen LogP contribution < -0.4 is 5.32 Å². The fourth-order valence-corrected chi connectivity index (χ4v) is 2.53. The van der Waals surface area contributed by atoms with Gasteiger partial charge in [0.05, 0.1) is 0 Å². The third-order valence-electron chi connectivity index (χ3n) is 3.81. The maximum Gasteiger partial charge on any atom is 0.0240 e. The summed E-state index contributed by atoms with van der Waals surface area (Å²) in [6.07, 6.45) is 1.91. The quantitative estimate of drug-likeness (QED) is 0.558. The van der Waals surface area contributed by atoms with Crippen LogP contribution in [0.4, 0.5) is 0 Å². The van der Waals surface area contributed by atoms with Gasteiger partial charge in [0.1, 0.15) is 0 Å². The molecule has 1 atom stereocenters. The molecule has 0 amide bonds. The van der Waals surface area contributed by atoms with Gasteiger partial charge >= 0.3 is 0 Å². The topological polar surface area (TPSA) is 15.3 Å². The predicted molar refractivity (Wildman–Crippen MR) is 94.7 cm³/mol. The van der Waals surface area contributed by atoms with Crippen LogP contribution in [0.25, 0.3) is 0 Å². The monoisotopic (exact) mass is 294 g/mol. The largest absolute Gasteiger partial charge is 0.312 e. The van der Waals surface area contributed by atoms with Gasteiger partial charge in [-0.1, -0.05) is 66.7 Å². The Kier molecular flexibility index (Phi) is 6.88. The number of hydrogen-bond acceptors (Lipinski definition) is 2. The Labute approximate surface area is 134 Å². The molecular formula is C20H26N2. The van der Waals surface area contributed by atoms with Crippen molar-refractivity contribution in [3.05, 3.63) is 84.4 Å². The lowest BCUT2D eigenvalue weighted by Crippen LogP contribution is -2.39. The van der Waals surface area contributed by atoms with Gasteiger partial charge in [0.2, 0.25) is 0 Å². The van der Waals surface area contributed by atoms with E-state index in [1.165, 1.54) is 11.1 Å². The molecule has 1 N–H and O–H groups in total. The molecule has 2 rings (SSSR count). The molecule has 116 valence electrons. The summed E-state index contributed by atoms with van der Waals surface area (Å²) in [5.41, 5.74) is 2.71. The fourth-order valence-electron chi connectivity index (χ4n) is 2.53. The fraction of sp³-hybridized carbons (Fsp3) is 0.300. The Morgan fingerprint density at radius 1 is 0.955 bits per heavy atom. The summed E-state index contributed by atoms with van der Waals surface area (Å²) in [4.78, 5) is 2.51. The van der Waals surface area contributed by atoms with Crippen LogP contribution in [0.1, 0.15) is 18.1 Å². The molecule has 22 heavy (non-hydrogen) atoms. The number of hydrogen-bond donors (Lipinski definition) is 1. The van der Waals surface area contributed by atoms with Gasteiger partial charge in [0.15, 0.2) is 0 Å². The van der Waals surface area contributed by atoms with E-state index in [-0.39, 0.29) is 0 Å². The van der Waals surface area contributed by atoms with Crippen molar-refractivity contribution in [2.45, 2.75) is 26.1 Å². The SMILES string of the molecule is C=CCNCC(C)N(Cc1ccccc1)Cc1ccccc1. The summed E-state index contributed by atoms with van der Waals surface area (Å²) < 4.78 is 0. The van der Waals surface area contributed by atoms with Crippen molar-refractivity contribution < 1.29 is 0 Å². The second kappa shape index (κ2) is 9.19. The molecule has 2 nitrogen and oxygen atoms in total. The van der Waals surface area contributed by atoms with Crippen LogP contribution in [0.2, 0.25) is 0 Å². The highest BCUT2D eigenvalue weighted by Crippen LogP contribution is 2.13. The first-order valence-corrected chi connectivity index (χ1v) is 7.93. The molecule has 0 aliphatic carbocycles. The van der Waals surface area contributed by atoms with E-state index in [1.807, 2.05) is 6.08 Å². The lowest BCUT2D eigenvalue weighted by atomic mass is 10.1. The Morgan fingerprint density at radius 2 is 1.45 bits per heavy atom.